The Morgan fingerprint density at radius 1 is 1.00 bits per heavy atom. The van der Waals surface area contributed by atoms with Crippen LogP contribution in [0.5, 0.6) is 11.5 Å². The number of hydrogen-bond donors (Lipinski definition) is 0. The van der Waals surface area contributed by atoms with E-state index in [-0.39, 0.29) is 23.9 Å². The van der Waals surface area contributed by atoms with E-state index < -0.39 is 10.0 Å². The number of methoxy groups -OCH3 is 2. The van der Waals surface area contributed by atoms with Crippen molar-refractivity contribution in [2.24, 2.45) is 0 Å². The van der Waals surface area contributed by atoms with Crippen molar-refractivity contribution in [2.45, 2.75) is 4.90 Å². The highest BCUT2D eigenvalue weighted by molar-refractivity contribution is 7.89. The Bertz CT molecular complexity index is 910. The van der Waals surface area contributed by atoms with Gasteiger partial charge in [-0.05, 0) is 24.3 Å². The molecule has 1 aromatic carbocycles. The van der Waals surface area contributed by atoms with E-state index in [0.717, 1.165) is 0 Å². The lowest BCUT2D eigenvalue weighted by atomic mass is 10.3. The third kappa shape index (κ3) is 3.88. The van der Waals surface area contributed by atoms with Crippen LogP contribution in [0.4, 0.5) is 0 Å². The number of sulfonamides is 1. The monoisotopic (exact) mass is 391 g/mol. The molecule has 27 heavy (non-hydrogen) atoms. The second kappa shape index (κ2) is 7.93. The molecule has 0 bridgehead atoms. The molecule has 144 valence electrons. The van der Waals surface area contributed by atoms with Crippen LogP contribution in [0.1, 0.15) is 10.5 Å². The van der Waals surface area contributed by atoms with Crippen LogP contribution in [0.3, 0.4) is 0 Å². The van der Waals surface area contributed by atoms with Gasteiger partial charge >= 0.3 is 0 Å². The van der Waals surface area contributed by atoms with E-state index in [1.165, 1.54) is 30.7 Å². The molecule has 3 rings (SSSR count). The standard InChI is InChI=1S/C18H21N3O5S/c1-25-16-7-6-14(13-17(16)26-2)27(23,24)21-11-9-20(10-12-21)18(22)15-5-3-4-8-19-15/h3-8,13H,9-12H2,1-2H3. The topological polar surface area (TPSA) is 89.0 Å². The molecule has 0 atom stereocenters. The minimum Gasteiger partial charge on any atom is -0.493 e. The number of benzene rings is 1. The van der Waals surface area contributed by atoms with Crippen LogP contribution in [0.15, 0.2) is 47.5 Å². The Hall–Kier alpha value is -2.65. The maximum Gasteiger partial charge on any atom is 0.272 e. The predicted molar refractivity (Wildman–Crippen MR) is 98.4 cm³/mol. The first-order chi connectivity index (χ1) is 13.0. The molecule has 0 radical (unpaired) electrons. The molecule has 1 saturated heterocycles. The number of rotatable bonds is 5. The molecule has 0 spiro atoms. The molecule has 1 fully saturated rings. The van der Waals surface area contributed by atoms with Crippen LogP contribution in [-0.2, 0) is 10.0 Å². The van der Waals surface area contributed by atoms with E-state index in [4.69, 9.17) is 9.47 Å². The fourth-order valence-electron chi connectivity index (χ4n) is 2.91. The maximum atomic E-state index is 12.9. The number of carbonyl (C=O) groups excluding carboxylic acids is 1. The number of carbonyl (C=O) groups is 1. The average molecular weight is 391 g/mol. The first-order valence-electron chi connectivity index (χ1n) is 8.40. The van der Waals surface area contributed by atoms with Gasteiger partial charge in [0.2, 0.25) is 10.0 Å². The van der Waals surface area contributed by atoms with Gasteiger partial charge in [0.05, 0.1) is 19.1 Å². The Morgan fingerprint density at radius 2 is 1.70 bits per heavy atom. The fraction of sp³-hybridized carbons (Fsp3) is 0.333. The van der Waals surface area contributed by atoms with E-state index in [0.29, 0.717) is 30.3 Å². The van der Waals surface area contributed by atoms with Crippen molar-refractivity contribution in [1.29, 1.82) is 0 Å². The Kier molecular flexibility index (Phi) is 5.62. The summed E-state index contributed by atoms with van der Waals surface area (Å²) in [5.41, 5.74) is 0.355. The molecule has 1 aromatic heterocycles. The minimum absolute atomic E-state index is 0.129. The van der Waals surface area contributed by atoms with Crippen LogP contribution in [0.2, 0.25) is 0 Å². The van der Waals surface area contributed by atoms with Crippen LogP contribution in [0, 0.1) is 0 Å². The van der Waals surface area contributed by atoms with Gasteiger partial charge in [-0.3, -0.25) is 9.78 Å². The van der Waals surface area contributed by atoms with Crippen molar-refractivity contribution in [2.75, 3.05) is 40.4 Å². The number of hydrogen-bond acceptors (Lipinski definition) is 6. The fourth-order valence-corrected chi connectivity index (χ4v) is 4.35. The second-order valence-corrected chi connectivity index (χ2v) is 7.87. The summed E-state index contributed by atoms with van der Waals surface area (Å²) in [5, 5.41) is 0. The van der Waals surface area contributed by atoms with Gasteiger partial charge in [-0.1, -0.05) is 6.07 Å². The van der Waals surface area contributed by atoms with Crippen molar-refractivity contribution in [3.8, 4) is 11.5 Å². The van der Waals surface area contributed by atoms with Gasteiger partial charge in [-0.15, -0.1) is 0 Å². The van der Waals surface area contributed by atoms with Crippen molar-refractivity contribution >= 4 is 15.9 Å². The lowest BCUT2D eigenvalue weighted by Gasteiger charge is -2.33. The maximum absolute atomic E-state index is 12.9. The molecule has 0 saturated carbocycles. The molecule has 1 amide bonds. The lowest BCUT2D eigenvalue weighted by Crippen LogP contribution is -2.50. The zero-order chi connectivity index (χ0) is 19.4. The van der Waals surface area contributed by atoms with E-state index in [2.05, 4.69) is 4.98 Å². The summed E-state index contributed by atoms with van der Waals surface area (Å²) in [4.78, 5) is 18.2. The minimum atomic E-state index is -3.69. The summed E-state index contributed by atoms with van der Waals surface area (Å²) in [6.07, 6.45) is 1.56. The molecule has 0 N–H and O–H groups in total. The van der Waals surface area contributed by atoms with E-state index in [1.54, 1.807) is 35.4 Å². The molecule has 9 heteroatoms. The van der Waals surface area contributed by atoms with E-state index in [9.17, 15) is 13.2 Å². The summed E-state index contributed by atoms with van der Waals surface area (Å²) in [6, 6.07) is 9.63. The van der Waals surface area contributed by atoms with E-state index >= 15 is 0 Å². The molecule has 0 unspecified atom stereocenters. The first kappa shape index (κ1) is 19.1. The van der Waals surface area contributed by atoms with Gasteiger partial charge in [0.25, 0.3) is 5.91 Å². The zero-order valence-corrected chi connectivity index (χ0v) is 16.0. The third-order valence-electron chi connectivity index (χ3n) is 4.40. The predicted octanol–water partition coefficient (Wildman–Crippen LogP) is 1.25. The van der Waals surface area contributed by atoms with Crippen molar-refractivity contribution in [3.63, 3.8) is 0 Å². The summed E-state index contributed by atoms with van der Waals surface area (Å²) in [5.74, 6) is 0.614. The largest absolute Gasteiger partial charge is 0.493 e. The van der Waals surface area contributed by atoms with E-state index in [1.807, 2.05) is 0 Å². The molecule has 1 aliphatic rings. The summed E-state index contributed by atoms with van der Waals surface area (Å²) in [6.45, 7) is 1.05. The van der Waals surface area contributed by atoms with Crippen molar-refractivity contribution < 1.29 is 22.7 Å². The highest BCUT2D eigenvalue weighted by Crippen LogP contribution is 2.30. The Balaban J connectivity index is 1.72. The number of aromatic nitrogens is 1. The van der Waals surface area contributed by atoms with Gasteiger partial charge in [-0.2, -0.15) is 4.31 Å². The molecule has 0 aliphatic carbocycles. The first-order valence-corrected chi connectivity index (χ1v) is 9.84. The highest BCUT2D eigenvalue weighted by atomic mass is 32.2. The highest BCUT2D eigenvalue weighted by Gasteiger charge is 2.31. The van der Waals surface area contributed by atoms with Gasteiger partial charge in [0.15, 0.2) is 11.5 Å². The number of nitrogens with zero attached hydrogens (tertiary/aromatic N) is 3. The summed E-state index contributed by atoms with van der Waals surface area (Å²) in [7, 11) is -0.745. The quantitative estimate of drug-likeness (QED) is 0.762. The average Bonchev–Trinajstić information content (AvgIpc) is 2.73. The number of piperazine rings is 1. The van der Waals surface area contributed by atoms with Gasteiger partial charge < -0.3 is 14.4 Å². The third-order valence-corrected chi connectivity index (χ3v) is 6.30. The van der Waals surface area contributed by atoms with Crippen LogP contribution >= 0.6 is 0 Å². The van der Waals surface area contributed by atoms with Crippen LogP contribution in [0.25, 0.3) is 0 Å². The Labute approximate surface area is 158 Å². The van der Waals surface area contributed by atoms with Crippen LogP contribution in [-0.4, -0.2) is 68.9 Å². The van der Waals surface area contributed by atoms with Crippen molar-refractivity contribution in [1.82, 2.24) is 14.2 Å². The normalized spacial score (nSPS) is 15.4. The second-order valence-electron chi connectivity index (χ2n) is 5.93. The molecule has 2 aromatic rings. The summed E-state index contributed by atoms with van der Waals surface area (Å²) < 4.78 is 37.5. The molecule has 2 heterocycles. The summed E-state index contributed by atoms with van der Waals surface area (Å²) >= 11 is 0. The Morgan fingerprint density at radius 3 is 2.30 bits per heavy atom. The molecule has 1 aliphatic heterocycles. The van der Waals surface area contributed by atoms with Crippen molar-refractivity contribution in [3.05, 3.63) is 48.3 Å². The van der Waals surface area contributed by atoms with Gasteiger partial charge in [0.1, 0.15) is 5.69 Å². The van der Waals surface area contributed by atoms with Gasteiger partial charge in [0, 0.05) is 38.4 Å². The SMILES string of the molecule is COc1ccc(S(=O)(=O)N2CCN(C(=O)c3ccccn3)CC2)cc1OC. The number of pyridine rings is 1. The zero-order valence-electron chi connectivity index (χ0n) is 15.2. The molecular formula is C18H21N3O5S. The van der Waals surface area contributed by atoms with Crippen LogP contribution < -0.4 is 9.47 Å². The number of ether oxygens (including phenoxy) is 2. The smallest absolute Gasteiger partial charge is 0.272 e. The van der Waals surface area contributed by atoms with Gasteiger partial charge in [-0.25, -0.2) is 8.42 Å². The molecular weight excluding hydrogens is 370 g/mol. The molecule has 8 nitrogen and oxygen atoms in total. The lowest BCUT2D eigenvalue weighted by molar-refractivity contribution is 0.0692. The number of amides is 1.